The minimum Gasteiger partial charge on any atom is -0.497 e. The third-order valence-electron chi connectivity index (χ3n) is 4.04. The highest BCUT2D eigenvalue weighted by atomic mass is 32.1. The van der Waals surface area contributed by atoms with Gasteiger partial charge in [0.15, 0.2) is 0 Å². The third kappa shape index (κ3) is 3.06. The maximum absolute atomic E-state index is 11.9. The number of aryl methyl sites for hydroxylation is 1. The molecule has 4 N–H and O–H groups in total. The lowest BCUT2D eigenvalue weighted by molar-refractivity contribution is 0.0990. The van der Waals surface area contributed by atoms with Crippen LogP contribution in [0.25, 0.3) is 11.0 Å². The molecule has 2 aromatic heterocycles. The molecule has 134 valence electrons. The average molecular weight is 371 g/mol. The zero-order chi connectivity index (χ0) is 19.0. The monoisotopic (exact) mass is 371 g/mol. The molecule has 0 bridgehead atoms. The molecule has 0 saturated heterocycles. The van der Waals surface area contributed by atoms with Crippen molar-refractivity contribution < 1.29 is 18.7 Å². The highest BCUT2D eigenvalue weighted by molar-refractivity contribution is 7.16. The number of primary amides is 2. The maximum atomic E-state index is 11.9. The fraction of sp³-hybridized carbons (Fsp3) is 0.167. The number of hydrogen-bond donors (Lipinski definition) is 2. The summed E-state index contributed by atoms with van der Waals surface area (Å²) in [5, 5.41) is 1.03. The molecule has 2 heterocycles. The number of ether oxygens (including phenoxy) is 1. The van der Waals surface area contributed by atoms with Gasteiger partial charge in [0, 0.05) is 10.3 Å². The standard InChI is InChI=1S/C18H17N3O4S/c1-8-9(2)26-18(14(8)16(20)23)21-17-12(15(19)22)7-10-6-11(24-3)4-5-13(10)25-17/h4-7H,1-3H3,(H2,19,22)(H2,20,23)/b21-17-. The molecule has 7 nitrogen and oxygen atoms in total. The molecule has 2 amide bonds. The van der Waals surface area contributed by atoms with Crippen LogP contribution in [0.15, 0.2) is 33.7 Å². The van der Waals surface area contributed by atoms with Gasteiger partial charge in [-0.1, -0.05) is 0 Å². The van der Waals surface area contributed by atoms with E-state index in [1.807, 2.05) is 6.92 Å². The molecule has 1 aromatic carbocycles. The summed E-state index contributed by atoms with van der Waals surface area (Å²) in [7, 11) is 1.55. The molecule has 0 spiro atoms. The molecule has 0 aliphatic carbocycles. The fourth-order valence-corrected chi connectivity index (χ4v) is 3.59. The van der Waals surface area contributed by atoms with Crippen LogP contribution < -0.4 is 21.8 Å². The molecule has 26 heavy (non-hydrogen) atoms. The van der Waals surface area contributed by atoms with Gasteiger partial charge in [0.05, 0.1) is 12.7 Å². The largest absolute Gasteiger partial charge is 0.497 e. The molecule has 0 radical (unpaired) electrons. The highest BCUT2D eigenvalue weighted by Crippen LogP contribution is 2.34. The van der Waals surface area contributed by atoms with Gasteiger partial charge in [-0.15, -0.1) is 11.3 Å². The van der Waals surface area contributed by atoms with Crippen molar-refractivity contribution in [2.75, 3.05) is 7.11 Å². The number of amides is 2. The Bertz CT molecular complexity index is 1110. The molecular formula is C18H17N3O4S. The van der Waals surface area contributed by atoms with Crippen LogP contribution in [-0.2, 0) is 0 Å². The number of nitrogens with zero attached hydrogens (tertiary/aromatic N) is 1. The van der Waals surface area contributed by atoms with Crippen molar-refractivity contribution >= 4 is 39.1 Å². The van der Waals surface area contributed by atoms with E-state index in [4.69, 9.17) is 20.6 Å². The van der Waals surface area contributed by atoms with Gasteiger partial charge in [-0.2, -0.15) is 0 Å². The number of carbonyl (C=O) groups is 2. The van der Waals surface area contributed by atoms with Crippen molar-refractivity contribution in [1.29, 1.82) is 0 Å². The summed E-state index contributed by atoms with van der Waals surface area (Å²) in [6.45, 7) is 3.66. The summed E-state index contributed by atoms with van der Waals surface area (Å²) in [4.78, 5) is 28.9. The van der Waals surface area contributed by atoms with E-state index < -0.39 is 11.8 Å². The summed E-state index contributed by atoms with van der Waals surface area (Å²) in [5.41, 5.74) is 12.7. The molecule has 3 aromatic rings. The second-order valence-corrected chi connectivity index (χ2v) is 6.88. The lowest BCUT2D eigenvalue weighted by Gasteiger charge is -2.04. The zero-order valence-electron chi connectivity index (χ0n) is 14.5. The Hall–Kier alpha value is -3.13. The van der Waals surface area contributed by atoms with Gasteiger partial charge in [0.2, 0.25) is 5.55 Å². The van der Waals surface area contributed by atoms with E-state index in [0.717, 1.165) is 10.4 Å². The summed E-state index contributed by atoms with van der Waals surface area (Å²) >= 11 is 1.30. The smallest absolute Gasteiger partial charge is 0.254 e. The number of rotatable bonds is 4. The summed E-state index contributed by atoms with van der Waals surface area (Å²) in [6.07, 6.45) is 0. The minimum absolute atomic E-state index is 0.0268. The van der Waals surface area contributed by atoms with Crippen molar-refractivity contribution in [3.63, 3.8) is 0 Å². The summed E-state index contributed by atoms with van der Waals surface area (Å²) in [6, 6.07) is 6.74. The van der Waals surface area contributed by atoms with Crippen molar-refractivity contribution in [1.82, 2.24) is 0 Å². The Labute approximate surface area is 152 Å². The quantitative estimate of drug-likeness (QED) is 0.732. The van der Waals surface area contributed by atoms with E-state index in [9.17, 15) is 9.59 Å². The van der Waals surface area contributed by atoms with Gasteiger partial charge < -0.3 is 20.6 Å². The van der Waals surface area contributed by atoms with Crippen molar-refractivity contribution in [2.45, 2.75) is 13.8 Å². The van der Waals surface area contributed by atoms with Gasteiger partial charge in [-0.3, -0.25) is 9.59 Å². The Morgan fingerprint density at radius 1 is 1.15 bits per heavy atom. The number of benzene rings is 1. The fourth-order valence-electron chi connectivity index (χ4n) is 2.57. The van der Waals surface area contributed by atoms with Gasteiger partial charge in [-0.25, -0.2) is 4.99 Å². The van der Waals surface area contributed by atoms with Crippen LogP contribution in [0.4, 0.5) is 5.00 Å². The second kappa shape index (κ2) is 6.64. The highest BCUT2D eigenvalue weighted by Gasteiger charge is 2.18. The maximum Gasteiger partial charge on any atom is 0.254 e. The van der Waals surface area contributed by atoms with E-state index in [1.165, 1.54) is 11.3 Å². The molecule has 0 aliphatic heterocycles. The number of thiophene rings is 1. The number of hydrogen-bond acceptors (Lipinski definition) is 6. The van der Waals surface area contributed by atoms with Crippen LogP contribution in [0.5, 0.6) is 5.75 Å². The predicted molar refractivity (Wildman–Crippen MR) is 98.8 cm³/mol. The SMILES string of the molecule is COc1ccc2o/c(=N\c3sc(C)c(C)c3C(N)=O)c(C(N)=O)cc2c1. The lowest BCUT2D eigenvalue weighted by Crippen LogP contribution is -2.22. The lowest BCUT2D eigenvalue weighted by atomic mass is 10.1. The first kappa shape index (κ1) is 17.7. The Morgan fingerprint density at radius 3 is 2.50 bits per heavy atom. The molecular weight excluding hydrogens is 354 g/mol. The first-order valence-electron chi connectivity index (χ1n) is 7.68. The molecule has 0 unspecified atom stereocenters. The molecule has 0 aliphatic rings. The van der Waals surface area contributed by atoms with E-state index in [-0.39, 0.29) is 11.1 Å². The molecule has 8 heteroatoms. The number of fused-ring (bicyclic) bond motifs is 1. The Balaban J connectivity index is 2.32. The van der Waals surface area contributed by atoms with Crippen molar-refractivity contribution in [3.8, 4) is 5.75 Å². The first-order chi connectivity index (χ1) is 12.3. The first-order valence-corrected chi connectivity index (χ1v) is 8.49. The van der Waals surface area contributed by atoms with E-state index in [2.05, 4.69) is 4.99 Å². The minimum atomic E-state index is -0.692. The van der Waals surface area contributed by atoms with Crippen LogP contribution in [0.2, 0.25) is 0 Å². The predicted octanol–water partition coefficient (Wildman–Crippen LogP) is 2.55. The van der Waals surface area contributed by atoms with Crippen LogP contribution in [0, 0.1) is 13.8 Å². The van der Waals surface area contributed by atoms with Crippen LogP contribution in [0.3, 0.4) is 0 Å². The van der Waals surface area contributed by atoms with E-state index in [1.54, 1.807) is 38.3 Å². The van der Waals surface area contributed by atoms with Gasteiger partial charge >= 0.3 is 0 Å². The van der Waals surface area contributed by atoms with Gasteiger partial charge in [0.1, 0.15) is 21.9 Å². The van der Waals surface area contributed by atoms with Crippen molar-refractivity contribution in [2.24, 2.45) is 16.5 Å². The topological polar surface area (TPSA) is 121 Å². The Kier molecular flexibility index (Phi) is 4.52. The van der Waals surface area contributed by atoms with Gasteiger partial charge in [-0.05, 0) is 43.7 Å². The number of carbonyl (C=O) groups excluding carboxylic acids is 2. The normalized spacial score (nSPS) is 11.7. The molecule has 0 saturated carbocycles. The third-order valence-corrected chi connectivity index (χ3v) is 5.14. The number of nitrogens with two attached hydrogens (primary N) is 2. The summed E-state index contributed by atoms with van der Waals surface area (Å²) < 4.78 is 10.9. The van der Waals surface area contributed by atoms with Crippen molar-refractivity contribution in [3.05, 3.63) is 51.4 Å². The van der Waals surface area contributed by atoms with Crippen LogP contribution in [0.1, 0.15) is 31.2 Å². The molecule has 0 atom stereocenters. The Morgan fingerprint density at radius 2 is 1.88 bits per heavy atom. The summed E-state index contributed by atoms with van der Waals surface area (Å²) in [5.74, 6) is -0.659. The zero-order valence-corrected chi connectivity index (χ0v) is 15.3. The second-order valence-electron chi connectivity index (χ2n) is 5.67. The van der Waals surface area contributed by atoms with Gasteiger partial charge in [0.25, 0.3) is 11.8 Å². The molecule has 0 fully saturated rings. The molecule has 3 rings (SSSR count). The van der Waals surface area contributed by atoms with E-state index in [0.29, 0.717) is 27.3 Å². The van der Waals surface area contributed by atoms with Crippen LogP contribution >= 0.6 is 11.3 Å². The van der Waals surface area contributed by atoms with E-state index >= 15 is 0 Å². The number of methoxy groups -OCH3 is 1. The van der Waals surface area contributed by atoms with Crippen LogP contribution in [-0.4, -0.2) is 18.9 Å². The average Bonchev–Trinajstić information content (AvgIpc) is 2.87.